The van der Waals surface area contributed by atoms with Crippen molar-refractivity contribution in [2.75, 3.05) is 7.05 Å². The van der Waals surface area contributed by atoms with Crippen molar-refractivity contribution in [2.24, 2.45) is 4.99 Å². The molecular weight excluding hydrogens is 407 g/mol. The summed E-state index contributed by atoms with van der Waals surface area (Å²) in [6.45, 7) is 5.52. The minimum Gasteiger partial charge on any atom is -0.359 e. The van der Waals surface area contributed by atoms with Crippen LogP contribution in [0.5, 0.6) is 0 Å². The Labute approximate surface area is 153 Å². The van der Waals surface area contributed by atoms with Crippen LogP contribution in [0.25, 0.3) is 0 Å². The average molecular weight is 432 g/mol. The van der Waals surface area contributed by atoms with Gasteiger partial charge in [0.15, 0.2) is 11.7 Å². The molecule has 23 heavy (non-hydrogen) atoms. The first-order valence-corrected chi connectivity index (χ1v) is 7.65. The first-order chi connectivity index (χ1) is 10.8. The highest BCUT2D eigenvalue weighted by Gasteiger charge is 2.13. The maximum Gasteiger partial charge on any atom is 0.191 e. The second kappa shape index (κ2) is 10.2. The molecule has 0 bridgehead atoms. The van der Waals surface area contributed by atoms with Crippen molar-refractivity contribution in [3.8, 4) is 0 Å². The standard InChI is InChI=1S/C15H24N6O.HI/c1-4-11(5-2)14-8-13(22-21-14)10-18-15(16-3)17-9-12-6-7-19-20-12;/h6-8,11H,4-5,9-10H2,1-3H3,(H,19,20)(H2,16,17,18);1H. The predicted octanol–water partition coefficient (Wildman–Crippen LogP) is 2.78. The zero-order valence-electron chi connectivity index (χ0n) is 13.8. The van der Waals surface area contributed by atoms with Crippen molar-refractivity contribution in [1.29, 1.82) is 0 Å². The van der Waals surface area contributed by atoms with Crippen LogP contribution in [0.1, 0.15) is 49.8 Å². The number of halogens is 1. The topological polar surface area (TPSA) is 91.1 Å². The van der Waals surface area contributed by atoms with E-state index in [1.54, 1.807) is 13.2 Å². The van der Waals surface area contributed by atoms with E-state index < -0.39 is 0 Å². The lowest BCUT2D eigenvalue weighted by Gasteiger charge is -2.09. The summed E-state index contributed by atoms with van der Waals surface area (Å²) in [7, 11) is 1.73. The van der Waals surface area contributed by atoms with Gasteiger partial charge in [0.05, 0.1) is 24.5 Å². The minimum atomic E-state index is 0. The van der Waals surface area contributed by atoms with Gasteiger partial charge in [-0.1, -0.05) is 19.0 Å². The summed E-state index contributed by atoms with van der Waals surface area (Å²) in [5.74, 6) is 1.98. The summed E-state index contributed by atoms with van der Waals surface area (Å²) in [5, 5.41) is 17.4. The SMILES string of the molecule is CCC(CC)c1cc(CNC(=NC)NCc2ccn[nH]2)on1.I. The summed E-state index contributed by atoms with van der Waals surface area (Å²) in [6.07, 6.45) is 3.87. The van der Waals surface area contributed by atoms with Crippen LogP contribution in [-0.4, -0.2) is 28.4 Å². The van der Waals surface area contributed by atoms with Crippen molar-refractivity contribution in [3.05, 3.63) is 35.5 Å². The number of aromatic nitrogens is 3. The van der Waals surface area contributed by atoms with E-state index in [1.165, 1.54) is 0 Å². The Kier molecular flexibility index (Phi) is 8.67. The first kappa shape index (κ1) is 19.5. The fraction of sp³-hybridized carbons (Fsp3) is 0.533. The molecule has 0 atom stereocenters. The summed E-state index contributed by atoms with van der Waals surface area (Å²) in [6, 6.07) is 3.94. The Morgan fingerprint density at radius 1 is 1.30 bits per heavy atom. The third kappa shape index (κ3) is 5.85. The molecule has 2 rings (SSSR count). The van der Waals surface area contributed by atoms with E-state index in [-0.39, 0.29) is 24.0 Å². The van der Waals surface area contributed by atoms with Gasteiger partial charge in [-0.3, -0.25) is 10.1 Å². The van der Waals surface area contributed by atoms with Crippen molar-refractivity contribution in [1.82, 2.24) is 26.0 Å². The molecule has 0 amide bonds. The quantitative estimate of drug-likeness (QED) is 0.356. The zero-order chi connectivity index (χ0) is 15.8. The molecule has 0 unspecified atom stereocenters. The Morgan fingerprint density at radius 3 is 2.65 bits per heavy atom. The number of aliphatic imine (C=N–C) groups is 1. The van der Waals surface area contributed by atoms with E-state index in [0.29, 0.717) is 25.0 Å². The number of aromatic amines is 1. The van der Waals surface area contributed by atoms with E-state index in [9.17, 15) is 0 Å². The molecule has 3 N–H and O–H groups in total. The van der Waals surface area contributed by atoms with Crippen LogP contribution in [0.4, 0.5) is 0 Å². The maximum absolute atomic E-state index is 5.38. The number of nitrogens with one attached hydrogen (secondary N) is 3. The molecule has 0 radical (unpaired) electrons. The van der Waals surface area contributed by atoms with Crippen molar-refractivity contribution < 1.29 is 4.52 Å². The van der Waals surface area contributed by atoms with Crippen LogP contribution in [0, 0.1) is 0 Å². The molecule has 128 valence electrons. The summed E-state index contributed by atoms with van der Waals surface area (Å²) in [5.41, 5.74) is 2.03. The highest BCUT2D eigenvalue weighted by atomic mass is 127. The van der Waals surface area contributed by atoms with Crippen molar-refractivity contribution in [2.45, 2.75) is 45.7 Å². The lowest BCUT2D eigenvalue weighted by molar-refractivity contribution is 0.368. The normalized spacial score (nSPS) is 11.4. The summed E-state index contributed by atoms with van der Waals surface area (Å²) < 4.78 is 5.38. The largest absolute Gasteiger partial charge is 0.359 e. The number of H-pyrrole nitrogens is 1. The van der Waals surface area contributed by atoms with Gasteiger partial charge in [0, 0.05) is 25.2 Å². The molecule has 2 aromatic rings. The van der Waals surface area contributed by atoms with Crippen molar-refractivity contribution >= 4 is 29.9 Å². The van der Waals surface area contributed by atoms with Crippen LogP contribution in [0.3, 0.4) is 0 Å². The third-order valence-corrected chi connectivity index (χ3v) is 3.64. The van der Waals surface area contributed by atoms with Gasteiger partial charge >= 0.3 is 0 Å². The van der Waals surface area contributed by atoms with Gasteiger partial charge in [0.1, 0.15) is 0 Å². The Bertz CT molecular complexity index is 577. The Balaban J connectivity index is 0.00000264. The van der Waals surface area contributed by atoms with Crippen LogP contribution in [0.15, 0.2) is 27.8 Å². The van der Waals surface area contributed by atoms with Crippen molar-refractivity contribution in [3.63, 3.8) is 0 Å². The smallest absolute Gasteiger partial charge is 0.191 e. The fourth-order valence-electron chi connectivity index (χ4n) is 2.27. The fourth-order valence-corrected chi connectivity index (χ4v) is 2.27. The highest BCUT2D eigenvalue weighted by molar-refractivity contribution is 14.0. The first-order valence-electron chi connectivity index (χ1n) is 7.65. The predicted molar refractivity (Wildman–Crippen MR) is 101 cm³/mol. The molecule has 0 spiro atoms. The number of rotatable bonds is 7. The molecular formula is C15H25IN6O. The Morgan fingerprint density at radius 2 is 2.04 bits per heavy atom. The zero-order valence-corrected chi connectivity index (χ0v) is 16.1. The molecule has 2 heterocycles. The van der Waals surface area contributed by atoms with Gasteiger partial charge in [0.25, 0.3) is 0 Å². The summed E-state index contributed by atoms with van der Waals surface area (Å²) >= 11 is 0. The number of nitrogens with zero attached hydrogens (tertiary/aromatic N) is 3. The molecule has 0 aliphatic carbocycles. The van der Waals surface area contributed by atoms with Gasteiger partial charge in [-0.15, -0.1) is 24.0 Å². The lowest BCUT2D eigenvalue weighted by Crippen LogP contribution is -2.36. The summed E-state index contributed by atoms with van der Waals surface area (Å²) in [4.78, 5) is 4.17. The molecule has 0 saturated carbocycles. The van der Waals surface area contributed by atoms with E-state index >= 15 is 0 Å². The minimum absolute atomic E-state index is 0. The molecule has 0 aromatic carbocycles. The van der Waals surface area contributed by atoms with Crippen LogP contribution < -0.4 is 10.6 Å². The number of hydrogen-bond acceptors (Lipinski definition) is 4. The van der Waals surface area contributed by atoms with E-state index in [1.807, 2.05) is 12.1 Å². The molecule has 0 saturated heterocycles. The molecule has 7 nitrogen and oxygen atoms in total. The molecule has 0 aliphatic heterocycles. The second-order valence-electron chi connectivity index (χ2n) is 5.09. The Hall–Kier alpha value is -1.58. The molecule has 8 heteroatoms. The van der Waals surface area contributed by atoms with Crippen LogP contribution in [-0.2, 0) is 13.1 Å². The van der Waals surface area contributed by atoms with Gasteiger partial charge in [-0.05, 0) is 18.9 Å². The average Bonchev–Trinajstić information content (AvgIpc) is 3.20. The lowest BCUT2D eigenvalue weighted by atomic mass is 9.99. The van der Waals surface area contributed by atoms with Gasteiger partial charge in [-0.25, -0.2) is 0 Å². The number of hydrogen-bond donors (Lipinski definition) is 3. The monoisotopic (exact) mass is 432 g/mol. The molecule has 2 aromatic heterocycles. The highest BCUT2D eigenvalue weighted by Crippen LogP contribution is 2.22. The van der Waals surface area contributed by atoms with Crippen LogP contribution in [0.2, 0.25) is 0 Å². The van der Waals surface area contributed by atoms with Gasteiger partial charge in [-0.2, -0.15) is 5.10 Å². The van der Waals surface area contributed by atoms with Gasteiger partial charge in [0.2, 0.25) is 0 Å². The van der Waals surface area contributed by atoms with Crippen LogP contribution >= 0.6 is 24.0 Å². The van der Waals surface area contributed by atoms with E-state index in [2.05, 4.69) is 44.8 Å². The second-order valence-corrected chi connectivity index (χ2v) is 5.09. The van der Waals surface area contributed by atoms with E-state index in [4.69, 9.17) is 4.52 Å². The third-order valence-electron chi connectivity index (χ3n) is 3.64. The maximum atomic E-state index is 5.38. The molecule has 0 aliphatic rings. The van der Waals surface area contributed by atoms with E-state index in [0.717, 1.165) is 30.0 Å². The number of guanidine groups is 1. The molecule has 0 fully saturated rings. The van der Waals surface area contributed by atoms with Gasteiger partial charge < -0.3 is 15.2 Å².